The van der Waals surface area contributed by atoms with Crippen molar-refractivity contribution in [2.75, 3.05) is 24.5 Å². The summed E-state index contributed by atoms with van der Waals surface area (Å²) >= 11 is 0. The Morgan fingerprint density at radius 1 is 1.43 bits per heavy atom. The zero-order valence-electron chi connectivity index (χ0n) is 12.2. The second-order valence-corrected chi connectivity index (χ2v) is 4.97. The Kier molecular flexibility index (Phi) is 6.65. The van der Waals surface area contributed by atoms with Crippen LogP contribution in [-0.2, 0) is 16.0 Å². The number of nitrogens with zero attached hydrogens (tertiary/aromatic N) is 1. The van der Waals surface area contributed by atoms with Crippen LogP contribution in [0.5, 0.6) is 0 Å². The quantitative estimate of drug-likeness (QED) is 0.855. The van der Waals surface area contributed by atoms with Crippen LogP contribution in [0.25, 0.3) is 0 Å². The van der Waals surface area contributed by atoms with Crippen LogP contribution in [0.1, 0.15) is 18.9 Å². The predicted octanol–water partition coefficient (Wildman–Crippen LogP) is 1.10. The zero-order chi connectivity index (χ0) is 14.5. The third kappa shape index (κ3) is 3.95. The van der Waals surface area contributed by atoms with Gasteiger partial charge in [-0.1, -0.05) is 25.1 Å². The molecule has 1 aliphatic rings. The molecule has 1 fully saturated rings. The topological polar surface area (TPSA) is 75.4 Å². The van der Waals surface area contributed by atoms with Gasteiger partial charge >= 0.3 is 0 Å². The molecule has 1 atom stereocenters. The van der Waals surface area contributed by atoms with Gasteiger partial charge < -0.3 is 16.0 Å². The van der Waals surface area contributed by atoms with Crippen molar-refractivity contribution in [1.82, 2.24) is 5.32 Å². The molecule has 5 nitrogen and oxygen atoms in total. The number of para-hydroxylation sites is 1. The maximum atomic E-state index is 12.2. The summed E-state index contributed by atoms with van der Waals surface area (Å²) in [6.07, 6.45) is 1.14. The molecule has 3 N–H and O–H groups in total. The lowest BCUT2D eigenvalue weighted by molar-refractivity contribution is -0.126. The first-order valence-electron chi connectivity index (χ1n) is 7.03. The number of hydrogen-bond acceptors (Lipinski definition) is 3. The van der Waals surface area contributed by atoms with E-state index in [4.69, 9.17) is 5.73 Å². The predicted molar refractivity (Wildman–Crippen MR) is 85.6 cm³/mol. The van der Waals surface area contributed by atoms with Crippen molar-refractivity contribution in [3.05, 3.63) is 29.8 Å². The number of hydrogen-bond donors (Lipinski definition) is 2. The molecule has 0 aliphatic carbocycles. The summed E-state index contributed by atoms with van der Waals surface area (Å²) in [6, 6.07) is 7.85. The molecular weight excluding hydrogens is 290 g/mol. The molecule has 0 aromatic heterocycles. The number of carbonyl (C=O) groups is 2. The zero-order valence-corrected chi connectivity index (χ0v) is 13.0. The molecule has 0 bridgehead atoms. The van der Waals surface area contributed by atoms with Crippen molar-refractivity contribution < 1.29 is 9.59 Å². The lowest BCUT2D eigenvalue weighted by atomic mass is 10.1. The summed E-state index contributed by atoms with van der Waals surface area (Å²) in [7, 11) is 0. The number of nitrogens with two attached hydrogens (primary N) is 1. The molecule has 0 saturated carbocycles. The standard InChI is InChI=1S/C15H21N3O2.ClH/c1-2-11-5-3-4-6-13(11)18-10-12(9-14(18)19)15(20)17-8-7-16;/h3-6,12H,2,7-10,16H2,1H3,(H,17,20);1H. The lowest BCUT2D eigenvalue weighted by Gasteiger charge is -2.19. The first-order valence-corrected chi connectivity index (χ1v) is 7.03. The maximum Gasteiger partial charge on any atom is 0.227 e. The van der Waals surface area contributed by atoms with E-state index in [2.05, 4.69) is 12.2 Å². The lowest BCUT2D eigenvalue weighted by Crippen LogP contribution is -2.35. The van der Waals surface area contributed by atoms with E-state index < -0.39 is 0 Å². The van der Waals surface area contributed by atoms with Crippen molar-refractivity contribution >= 4 is 29.9 Å². The average Bonchev–Trinajstić information content (AvgIpc) is 2.86. The van der Waals surface area contributed by atoms with Crippen LogP contribution in [0.4, 0.5) is 5.69 Å². The summed E-state index contributed by atoms with van der Waals surface area (Å²) in [5.74, 6) is -0.349. The molecule has 21 heavy (non-hydrogen) atoms. The molecule has 1 aromatic rings. The van der Waals surface area contributed by atoms with Crippen molar-refractivity contribution in [1.29, 1.82) is 0 Å². The number of carbonyl (C=O) groups excluding carboxylic acids is 2. The maximum absolute atomic E-state index is 12.2. The largest absolute Gasteiger partial charge is 0.355 e. The number of benzene rings is 1. The Morgan fingerprint density at radius 2 is 2.14 bits per heavy atom. The highest BCUT2D eigenvalue weighted by Gasteiger charge is 2.35. The minimum Gasteiger partial charge on any atom is -0.355 e. The molecule has 6 heteroatoms. The number of anilines is 1. The van der Waals surface area contributed by atoms with Crippen LogP contribution in [0.15, 0.2) is 24.3 Å². The SMILES string of the molecule is CCc1ccccc1N1CC(C(=O)NCCN)CC1=O.Cl. The fourth-order valence-corrected chi connectivity index (χ4v) is 2.53. The Morgan fingerprint density at radius 3 is 2.81 bits per heavy atom. The Labute approximate surface area is 131 Å². The molecule has 116 valence electrons. The van der Waals surface area contributed by atoms with Crippen molar-refractivity contribution in [2.24, 2.45) is 11.7 Å². The smallest absolute Gasteiger partial charge is 0.227 e. The summed E-state index contributed by atoms with van der Waals surface area (Å²) in [5, 5.41) is 2.75. The molecular formula is C15H22ClN3O2. The molecule has 2 rings (SSSR count). The minimum absolute atomic E-state index is 0. The van der Waals surface area contributed by atoms with E-state index in [0.29, 0.717) is 19.6 Å². The van der Waals surface area contributed by atoms with Gasteiger partial charge in [-0.15, -0.1) is 12.4 Å². The fraction of sp³-hybridized carbons (Fsp3) is 0.467. The van der Waals surface area contributed by atoms with Crippen LogP contribution < -0.4 is 16.0 Å². The number of amides is 2. The molecule has 0 spiro atoms. The van der Waals surface area contributed by atoms with Crippen LogP contribution >= 0.6 is 12.4 Å². The van der Waals surface area contributed by atoms with Crippen LogP contribution in [-0.4, -0.2) is 31.4 Å². The van der Waals surface area contributed by atoms with Gasteiger partial charge in [0.25, 0.3) is 0 Å². The Bertz CT molecular complexity index is 507. The molecule has 1 unspecified atom stereocenters. The first-order chi connectivity index (χ1) is 9.67. The van der Waals surface area contributed by atoms with Crippen molar-refractivity contribution in [3.63, 3.8) is 0 Å². The summed E-state index contributed by atoms with van der Waals surface area (Å²) in [4.78, 5) is 25.8. The van der Waals surface area contributed by atoms with Crippen LogP contribution in [0.2, 0.25) is 0 Å². The van der Waals surface area contributed by atoms with Gasteiger partial charge in [-0.25, -0.2) is 0 Å². The highest BCUT2D eigenvalue weighted by molar-refractivity contribution is 6.00. The summed E-state index contributed by atoms with van der Waals surface area (Å²) in [5.41, 5.74) is 7.42. The molecule has 1 aliphatic heterocycles. The number of nitrogens with one attached hydrogen (secondary N) is 1. The van der Waals surface area contributed by atoms with Crippen LogP contribution in [0.3, 0.4) is 0 Å². The van der Waals surface area contributed by atoms with Crippen LogP contribution in [0, 0.1) is 5.92 Å². The van der Waals surface area contributed by atoms with Gasteiger partial charge in [-0.2, -0.15) is 0 Å². The van der Waals surface area contributed by atoms with Gasteiger partial charge in [-0.3, -0.25) is 9.59 Å². The third-order valence-electron chi connectivity index (χ3n) is 3.60. The number of rotatable bonds is 5. The van der Waals surface area contributed by atoms with E-state index >= 15 is 0 Å². The Hall–Kier alpha value is -1.59. The molecule has 0 radical (unpaired) electrons. The van der Waals surface area contributed by atoms with E-state index in [0.717, 1.165) is 17.7 Å². The highest BCUT2D eigenvalue weighted by atomic mass is 35.5. The second kappa shape index (κ2) is 8.00. The fourth-order valence-electron chi connectivity index (χ4n) is 2.53. The number of halogens is 1. The van der Waals surface area contributed by atoms with Gasteiger partial charge in [-0.05, 0) is 18.1 Å². The molecule has 1 aromatic carbocycles. The first kappa shape index (κ1) is 17.5. The summed E-state index contributed by atoms with van der Waals surface area (Å²) in [6.45, 7) is 3.38. The normalized spacial score (nSPS) is 17.5. The Balaban J connectivity index is 0.00000220. The van der Waals surface area contributed by atoms with E-state index in [1.54, 1.807) is 4.90 Å². The number of aryl methyl sites for hydroxylation is 1. The molecule has 1 heterocycles. The third-order valence-corrected chi connectivity index (χ3v) is 3.60. The average molecular weight is 312 g/mol. The second-order valence-electron chi connectivity index (χ2n) is 4.97. The highest BCUT2D eigenvalue weighted by Crippen LogP contribution is 2.28. The van der Waals surface area contributed by atoms with Crippen molar-refractivity contribution in [2.45, 2.75) is 19.8 Å². The van der Waals surface area contributed by atoms with E-state index in [-0.39, 0.29) is 36.6 Å². The van der Waals surface area contributed by atoms with E-state index in [9.17, 15) is 9.59 Å². The van der Waals surface area contributed by atoms with Gasteiger partial charge in [0.2, 0.25) is 11.8 Å². The van der Waals surface area contributed by atoms with Gasteiger partial charge in [0.15, 0.2) is 0 Å². The van der Waals surface area contributed by atoms with Gasteiger partial charge in [0, 0.05) is 31.7 Å². The molecule has 2 amide bonds. The minimum atomic E-state index is -0.279. The monoisotopic (exact) mass is 311 g/mol. The van der Waals surface area contributed by atoms with E-state index in [1.165, 1.54) is 0 Å². The van der Waals surface area contributed by atoms with Gasteiger partial charge in [0.1, 0.15) is 0 Å². The van der Waals surface area contributed by atoms with Crippen molar-refractivity contribution in [3.8, 4) is 0 Å². The molecule has 1 saturated heterocycles. The van der Waals surface area contributed by atoms with Gasteiger partial charge in [0.05, 0.1) is 5.92 Å². The summed E-state index contributed by atoms with van der Waals surface area (Å²) < 4.78 is 0. The van der Waals surface area contributed by atoms with E-state index in [1.807, 2.05) is 24.3 Å².